The number of hydrogen-bond acceptors (Lipinski definition) is 26. The van der Waals surface area contributed by atoms with Gasteiger partial charge in [0.1, 0.15) is 34.2 Å². The predicted molar refractivity (Wildman–Crippen MR) is 307 cm³/mol. The van der Waals surface area contributed by atoms with Crippen LogP contribution in [0, 0.1) is 0 Å². The van der Waals surface area contributed by atoms with Crippen LogP contribution in [-0.2, 0) is 60.6 Å². The second-order valence-electron chi connectivity index (χ2n) is 17.3. The number of hydrogen-bond donors (Lipinski definition) is 6. The number of ether oxygens (including phenoxy) is 8. The zero-order valence-electron chi connectivity index (χ0n) is 48.6. The average Bonchev–Trinajstić information content (AvgIpc) is 3.44. The van der Waals surface area contributed by atoms with Gasteiger partial charge in [0.15, 0.2) is 0 Å². The van der Waals surface area contributed by atoms with Crippen molar-refractivity contribution < 1.29 is 123 Å². The van der Waals surface area contributed by atoms with Gasteiger partial charge in [-0.15, -0.1) is 0 Å². The van der Waals surface area contributed by atoms with Crippen LogP contribution in [0.3, 0.4) is 0 Å². The van der Waals surface area contributed by atoms with E-state index in [-0.39, 0.29) is 82.5 Å². The molecule has 0 radical (unpaired) electrons. The Morgan fingerprint density at radius 3 is 0.902 bits per heavy atom. The van der Waals surface area contributed by atoms with E-state index in [1.165, 1.54) is 12.1 Å². The van der Waals surface area contributed by atoms with Crippen molar-refractivity contribution in [3.05, 3.63) is 47.5 Å². The number of aromatic nitrogens is 6. The Labute approximate surface area is 532 Å². The molecule has 448 valence electrons. The Morgan fingerprint density at radius 1 is 0.390 bits per heavy atom. The van der Waals surface area contributed by atoms with E-state index in [2.05, 4.69) is 89.5 Å². The van der Waals surface area contributed by atoms with Crippen LogP contribution in [0.2, 0.25) is 0 Å². The van der Waals surface area contributed by atoms with E-state index in [0.717, 1.165) is 25.7 Å². The van der Waals surface area contributed by atoms with E-state index in [0.29, 0.717) is 204 Å². The number of nitrogens with one attached hydrogen (secondary N) is 6. The average molecular weight is 1210 g/mol. The molecule has 82 heavy (non-hydrogen) atoms. The first-order chi connectivity index (χ1) is 39.2. The number of rotatable bonds is 50. The van der Waals surface area contributed by atoms with E-state index in [1.807, 2.05) is 0 Å². The third kappa shape index (κ3) is 35.1. The Balaban J connectivity index is 0.0000115. The first-order valence-electron chi connectivity index (χ1n) is 27.3. The number of nitrogens with zero attached hydrogens (tertiary/aromatic N) is 6. The minimum atomic E-state index is -2.97. The molecule has 0 aliphatic carbocycles. The zero-order valence-corrected chi connectivity index (χ0v) is 54.3. The van der Waals surface area contributed by atoms with Crippen LogP contribution in [0.4, 0.5) is 47.1 Å². The summed E-state index contributed by atoms with van der Waals surface area (Å²) in [6.07, 6.45) is 9.59. The number of benzene rings is 2. The number of anilines is 8. The molecule has 6 N–H and O–H groups in total. The molecule has 2 aromatic carbocycles. The Hall–Kier alpha value is -3.50. The Morgan fingerprint density at radius 2 is 0.646 bits per heavy atom. The maximum Gasteiger partial charge on any atom is 1.00 e. The molecular formula is C52H82N12Na2O14S2. The summed E-state index contributed by atoms with van der Waals surface area (Å²) in [5, 5.41) is 19.1. The molecule has 0 fully saturated rings. The van der Waals surface area contributed by atoms with Gasteiger partial charge in [-0.3, -0.25) is 0 Å². The van der Waals surface area contributed by atoms with Gasteiger partial charge in [-0.1, -0.05) is 39.8 Å². The third-order valence-electron chi connectivity index (χ3n) is 10.4. The minimum absolute atomic E-state index is 0. The SMILES string of the molecule is CCCOCCOCCCNc1nc(NCCCOCCOCCC)nc(Nc2ccc(/C=C/c3ccc(Nc4nc(NCCCOCCOCCC)nc(NCCCOCCOCCC)n4)cc3OS(=O)[O-])c(OS(=O)[O-])c2)n1.[Na+].[Na+]. The molecule has 2 aromatic heterocycles. The molecule has 0 saturated carbocycles. The van der Waals surface area contributed by atoms with Crippen LogP contribution < -0.4 is 99.4 Å². The van der Waals surface area contributed by atoms with Crippen molar-refractivity contribution in [2.24, 2.45) is 0 Å². The molecule has 0 spiro atoms. The molecule has 2 heterocycles. The fraction of sp³-hybridized carbons (Fsp3) is 0.615. The van der Waals surface area contributed by atoms with Gasteiger partial charge in [0.2, 0.25) is 35.7 Å². The first kappa shape index (κ1) is 74.6. The van der Waals surface area contributed by atoms with E-state index in [9.17, 15) is 17.5 Å². The van der Waals surface area contributed by atoms with Crippen LogP contribution >= 0.6 is 0 Å². The van der Waals surface area contributed by atoms with Gasteiger partial charge in [0.05, 0.1) is 52.9 Å². The molecule has 26 nitrogen and oxygen atoms in total. The Kier molecular flexibility index (Phi) is 44.3. The molecular weight excluding hydrogens is 1130 g/mol. The molecule has 0 amide bonds. The fourth-order valence-electron chi connectivity index (χ4n) is 6.77. The van der Waals surface area contributed by atoms with Crippen molar-refractivity contribution in [1.82, 2.24) is 29.9 Å². The maximum atomic E-state index is 12.0. The van der Waals surface area contributed by atoms with Crippen molar-refractivity contribution in [3.8, 4) is 11.5 Å². The van der Waals surface area contributed by atoms with Gasteiger partial charge in [-0.25, -0.2) is 8.42 Å². The van der Waals surface area contributed by atoms with Crippen molar-refractivity contribution in [3.63, 3.8) is 0 Å². The summed E-state index contributed by atoms with van der Waals surface area (Å²) < 4.78 is 103. The van der Waals surface area contributed by atoms with Crippen LogP contribution in [0.15, 0.2) is 36.4 Å². The summed E-state index contributed by atoms with van der Waals surface area (Å²) >= 11 is -5.94. The van der Waals surface area contributed by atoms with E-state index in [4.69, 9.17) is 46.3 Å². The van der Waals surface area contributed by atoms with Crippen molar-refractivity contribution >= 4 is 81.9 Å². The topological polar surface area (TPSA) is 322 Å². The van der Waals surface area contributed by atoms with Crippen LogP contribution in [0.5, 0.6) is 11.5 Å². The second-order valence-corrected chi connectivity index (χ2v) is 18.4. The third-order valence-corrected chi connectivity index (χ3v) is 11.1. The van der Waals surface area contributed by atoms with Gasteiger partial charge in [0.25, 0.3) is 0 Å². The van der Waals surface area contributed by atoms with Gasteiger partial charge in [-0.2, -0.15) is 29.9 Å². The molecule has 0 aliphatic rings. The van der Waals surface area contributed by atoms with E-state index < -0.39 is 22.7 Å². The normalized spacial score (nSPS) is 11.8. The molecule has 2 atom stereocenters. The van der Waals surface area contributed by atoms with Crippen molar-refractivity contribution in [2.75, 3.05) is 164 Å². The smallest absolute Gasteiger partial charge is 0.740 e. The minimum Gasteiger partial charge on any atom is -0.740 e. The first-order valence-corrected chi connectivity index (χ1v) is 29.3. The largest absolute Gasteiger partial charge is 1.00 e. The standard InChI is InChI=1S/C52H84N12O14S2.2Na/c1-5-23-69-31-35-73-27-9-19-53-47-59-48(54-20-10-28-74-36-32-70-24-6-2)62-51(61-47)57-43-17-15-41(45(39-43)77-79(65)66)13-14-42-16-18-44(40-46(42)78-80(67)68)58-52-63-49(55-21-11-29-75-37-33-71-25-7-3)60-50(64-52)56-22-12-30-76-38-34-72-26-8-4;;/h13-18,39-40H,5-12,19-38H2,1-4H3,(H,65,66)(H,67,68)(H3,53,54,57,59,61,62)(H3,55,56,58,60,63,64);;/q;2*+1/p-2/b14-13+;;. The fourth-order valence-corrected chi connectivity index (χ4v) is 7.35. The van der Waals surface area contributed by atoms with Gasteiger partial charge in [-0.05, 0) is 75.6 Å². The van der Waals surface area contributed by atoms with Gasteiger partial charge < -0.3 is 87.3 Å². The van der Waals surface area contributed by atoms with Crippen LogP contribution in [0.25, 0.3) is 12.2 Å². The van der Waals surface area contributed by atoms with E-state index in [1.54, 1.807) is 36.4 Å². The summed E-state index contributed by atoms with van der Waals surface area (Å²) in [6.45, 7) is 19.2. The van der Waals surface area contributed by atoms with Gasteiger partial charge in [0, 0.05) is 114 Å². The van der Waals surface area contributed by atoms with Crippen LogP contribution in [0.1, 0.15) is 90.2 Å². The van der Waals surface area contributed by atoms with E-state index >= 15 is 0 Å². The molecule has 0 saturated heterocycles. The predicted octanol–water partition coefficient (Wildman–Crippen LogP) is 1.05. The molecule has 2 unspecified atom stereocenters. The summed E-state index contributed by atoms with van der Waals surface area (Å²) in [4.78, 5) is 27.3. The van der Waals surface area contributed by atoms with Gasteiger partial charge >= 0.3 is 59.1 Å². The summed E-state index contributed by atoms with van der Waals surface area (Å²) in [5.41, 5.74) is 1.41. The Bertz CT molecular complexity index is 2140. The molecule has 4 aromatic rings. The molecule has 30 heteroatoms. The summed E-state index contributed by atoms with van der Waals surface area (Å²) in [6, 6.07) is 9.46. The second kappa shape index (κ2) is 48.7. The quantitative estimate of drug-likeness (QED) is 0.0156. The van der Waals surface area contributed by atoms with Crippen molar-refractivity contribution in [1.29, 1.82) is 0 Å². The summed E-state index contributed by atoms with van der Waals surface area (Å²) in [7, 11) is 0. The maximum absolute atomic E-state index is 12.0. The molecule has 0 aliphatic heterocycles. The summed E-state index contributed by atoms with van der Waals surface area (Å²) in [5.74, 6) is 1.37. The molecule has 0 bridgehead atoms. The zero-order chi connectivity index (χ0) is 57.1. The molecule has 4 rings (SSSR count). The monoisotopic (exact) mass is 1210 g/mol. The van der Waals surface area contributed by atoms with Crippen LogP contribution in [-0.4, -0.2) is 179 Å². The van der Waals surface area contributed by atoms with Crippen molar-refractivity contribution in [2.45, 2.75) is 79.1 Å².